The predicted molar refractivity (Wildman–Crippen MR) is 71.5 cm³/mol. The van der Waals surface area contributed by atoms with Gasteiger partial charge in [-0.3, -0.25) is 4.79 Å². The standard InChI is InChI=1S/C13H23N3O3/c1-10(2)8-16(7-5-6-14)12(19)15-9-13(3,4)11(17)18/h10H,5,7-9H2,1-4H3,(H,15,19)(H,17,18). The molecule has 0 aromatic heterocycles. The molecule has 0 fully saturated rings. The second-order valence-corrected chi connectivity index (χ2v) is 5.60. The summed E-state index contributed by atoms with van der Waals surface area (Å²) in [4.78, 5) is 24.5. The van der Waals surface area contributed by atoms with Crippen molar-refractivity contribution in [1.29, 1.82) is 5.26 Å². The molecule has 0 radical (unpaired) electrons. The van der Waals surface area contributed by atoms with Crippen LogP contribution in [0.15, 0.2) is 0 Å². The van der Waals surface area contributed by atoms with Crippen LogP contribution in [0.3, 0.4) is 0 Å². The maximum Gasteiger partial charge on any atom is 0.317 e. The minimum atomic E-state index is -1.01. The van der Waals surface area contributed by atoms with Crippen LogP contribution in [0.2, 0.25) is 0 Å². The molecule has 0 atom stereocenters. The highest BCUT2D eigenvalue weighted by Gasteiger charge is 2.28. The molecule has 2 N–H and O–H groups in total. The van der Waals surface area contributed by atoms with Crippen molar-refractivity contribution < 1.29 is 14.7 Å². The summed E-state index contributed by atoms with van der Waals surface area (Å²) in [5.41, 5.74) is -1.01. The number of nitriles is 1. The molecule has 0 aliphatic rings. The van der Waals surface area contributed by atoms with Gasteiger partial charge in [0.15, 0.2) is 0 Å². The molecule has 0 aliphatic heterocycles. The van der Waals surface area contributed by atoms with Crippen molar-refractivity contribution in [2.75, 3.05) is 19.6 Å². The first-order valence-electron chi connectivity index (χ1n) is 6.34. The van der Waals surface area contributed by atoms with Gasteiger partial charge in [0.2, 0.25) is 0 Å². The predicted octanol–water partition coefficient (Wildman–Crippen LogP) is 1.68. The Hall–Kier alpha value is -1.77. The number of carboxylic acid groups (broad SMARTS) is 1. The summed E-state index contributed by atoms with van der Waals surface area (Å²) >= 11 is 0. The van der Waals surface area contributed by atoms with E-state index in [1.165, 1.54) is 0 Å². The Kier molecular flexibility index (Phi) is 6.91. The lowest BCUT2D eigenvalue weighted by atomic mass is 9.94. The van der Waals surface area contributed by atoms with Crippen molar-refractivity contribution in [3.05, 3.63) is 0 Å². The lowest BCUT2D eigenvalue weighted by Crippen LogP contribution is -2.46. The highest BCUT2D eigenvalue weighted by molar-refractivity contribution is 5.77. The van der Waals surface area contributed by atoms with Crippen LogP contribution in [-0.2, 0) is 4.79 Å². The summed E-state index contributed by atoms with van der Waals surface area (Å²) in [6.07, 6.45) is 0.266. The Labute approximate surface area is 114 Å². The maximum atomic E-state index is 12.0. The zero-order valence-corrected chi connectivity index (χ0v) is 12.1. The van der Waals surface area contributed by atoms with Crippen molar-refractivity contribution in [2.24, 2.45) is 11.3 Å². The van der Waals surface area contributed by atoms with Crippen molar-refractivity contribution in [2.45, 2.75) is 34.1 Å². The maximum absolute atomic E-state index is 12.0. The van der Waals surface area contributed by atoms with E-state index in [2.05, 4.69) is 5.32 Å². The number of nitrogens with one attached hydrogen (secondary N) is 1. The Balaban J connectivity index is 4.48. The van der Waals surface area contributed by atoms with Gasteiger partial charge in [0.05, 0.1) is 17.9 Å². The van der Waals surface area contributed by atoms with E-state index in [1.807, 2.05) is 19.9 Å². The van der Waals surface area contributed by atoms with E-state index in [4.69, 9.17) is 10.4 Å². The number of carbonyl (C=O) groups is 2. The number of hydrogen-bond acceptors (Lipinski definition) is 3. The average Bonchev–Trinajstić information content (AvgIpc) is 2.30. The number of carbonyl (C=O) groups excluding carboxylic acids is 1. The van der Waals surface area contributed by atoms with E-state index in [0.717, 1.165) is 0 Å². The number of urea groups is 1. The molecule has 0 heterocycles. The van der Waals surface area contributed by atoms with Crippen LogP contribution in [0, 0.1) is 22.7 Å². The zero-order valence-electron chi connectivity index (χ0n) is 12.1. The fourth-order valence-corrected chi connectivity index (χ4v) is 1.39. The highest BCUT2D eigenvalue weighted by Crippen LogP contribution is 2.13. The van der Waals surface area contributed by atoms with Crippen LogP contribution in [0.4, 0.5) is 4.79 Å². The highest BCUT2D eigenvalue weighted by atomic mass is 16.4. The van der Waals surface area contributed by atoms with E-state index in [1.54, 1.807) is 18.7 Å². The molecule has 0 spiro atoms. The molecule has 6 heteroatoms. The minimum absolute atomic E-state index is 0.0579. The normalized spacial score (nSPS) is 10.9. The van der Waals surface area contributed by atoms with Crippen molar-refractivity contribution in [3.8, 4) is 6.07 Å². The second-order valence-electron chi connectivity index (χ2n) is 5.60. The van der Waals surface area contributed by atoms with Gasteiger partial charge in [-0.05, 0) is 19.8 Å². The van der Waals surface area contributed by atoms with Crippen LogP contribution in [0.25, 0.3) is 0 Å². The van der Waals surface area contributed by atoms with Gasteiger partial charge in [-0.2, -0.15) is 5.26 Å². The van der Waals surface area contributed by atoms with Crippen molar-refractivity contribution in [3.63, 3.8) is 0 Å². The summed E-state index contributed by atoms with van der Waals surface area (Å²) in [6, 6.07) is 1.68. The number of amides is 2. The van der Waals surface area contributed by atoms with Gasteiger partial charge >= 0.3 is 12.0 Å². The molecular formula is C13H23N3O3. The fourth-order valence-electron chi connectivity index (χ4n) is 1.39. The Bertz CT molecular complexity index is 359. The second kappa shape index (κ2) is 7.62. The van der Waals surface area contributed by atoms with Gasteiger partial charge in [0.25, 0.3) is 0 Å². The molecule has 6 nitrogen and oxygen atoms in total. The van der Waals surface area contributed by atoms with Crippen molar-refractivity contribution >= 4 is 12.0 Å². The van der Waals surface area contributed by atoms with Crippen LogP contribution in [0.1, 0.15) is 34.1 Å². The van der Waals surface area contributed by atoms with Gasteiger partial charge in [0, 0.05) is 19.6 Å². The molecule has 0 aliphatic carbocycles. The molecule has 0 rings (SSSR count). The number of aliphatic carboxylic acids is 1. The summed E-state index contributed by atoms with van der Waals surface area (Å²) in [6.45, 7) is 8.02. The van der Waals surface area contributed by atoms with Crippen LogP contribution in [-0.4, -0.2) is 41.6 Å². The van der Waals surface area contributed by atoms with E-state index in [9.17, 15) is 9.59 Å². The molecule has 108 valence electrons. The van der Waals surface area contributed by atoms with Gasteiger partial charge in [-0.25, -0.2) is 4.79 Å². The average molecular weight is 269 g/mol. The molecule has 2 amide bonds. The number of hydrogen-bond donors (Lipinski definition) is 2. The first-order chi connectivity index (χ1) is 8.70. The lowest BCUT2D eigenvalue weighted by molar-refractivity contribution is -0.146. The third-order valence-electron chi connectivity index (χ3n) is 2.63. The molecule has 0 bridgehead atoms. The molecule has 0 aromatic rings. The van der Waals surface area contributed by atoms with E-state index < -0.39 is 11.4 Å². The molecular weight excluding hydrogens is 246 g/mol. The Morgan fingerprint density at radius 1 is 1.42 bits per heavy atom. The molecule has 0 aromatic carbocycles. The first kappa shape index (κ1) is 17.2. The molecule has 0 saturated carbocycles. The zero-order chi connectivity index (χ0) is 15.1. The number of nitrogens with zero attached hydrogens (tertiary/aromatic N) is 2. The first-order valence-corrected chi connectivity index (χ1v) is 6.34. The fraction of sp³-hybridized carbons (Fsp3) is 0.769. The molecule has 0 unspecified atom stereocenters. The van der Waals surface area contributed by atoms with E-state index in [0.29, 0.717) is 13.1 Å². The Morgan fingerprint density at radius 3 is 2.42 bits per heavy atom. The van der Waals surface area contributed by atoms with Gasteiger partial charge < -0.3 is 15.3 Å². The largest absolute Gasteiger partial charge is 0.481 e. The van der Waals surface area contributed by atoms with Gasteiger partial charge in [-0.1, -0.05) is 13.8 Å². The van der Waals surface area contributed by atoms with E-state index in [-0.39, 0.29) is 24.9 Å². The van der Waals surface area contributed by atoms with Gasteiger partial charge in [-0.15, -0.1) is 0 Å². The topological polar surface area (TPSA) is 93.4 Å². The summed E-state index contributed by atoms with van der Waals surface area (Å²) in [7, 11) is 0. The number of rotatable bonds is 7. The number of carboxylic acids is 1. The molecule has 0 saturated heterocycles. The summed E-state index contributed by atoms with van der Waals surface area (Å²) in [5.74, 6) is -0.669. The Morgan fingerprint density at radius 2 is 2.00 bits per heavy atom. The molecule has 19 heavy (non-hydrogen) atoms. The third kappa shape index (κ3) is 6.65. The lowest BCUT2D eigenvalue weighted by Gasteiger charge is -2.26. The monoisotopic (exact) mass is 269 g/mol. The minimum Gasteiger partial charge on any atom is -0.481 e. The SMILES string of the molecule is CC(C)CN(CCC#N)C(=O)NCC(C)(C)C(=O)O. The summed E-state index contributed by atoms with van der Waals surface area (Å²) < 4.78 is 0. The van der Waals surface area contributed by atoms with Crippen molar-refractivity contribution in [1.82, 2.24) is 10.2 Å². The van der Waals surface area contributed by atoms with Crippen LogP contribution >= 0.6 is 0 Å². The van der Waals surface area contributed by atoms with E-state index >= 15 is 0 Å². The van der Waals surface area contributed by atoms with Crippen LogP contribution in [0.5, 0.6) is 0 Å². The third-order valence-corrected chi connectivity index (χ3v) is 2.63. The smallest absolute Gasteiger partial charge is 0.317 e. The summed E-state index contributed by atoms with van der Waals surface area (Å²) in [5, 5.41) is 20.2. The quantitative estimate of drug-likeness (QED) is 0.735. The van der Waals surface area contributed by atoms with Crippen LogP contribution < -0.4 is 5.32 Å². The van der Waals surface area contributed by atoms with Gasteiger partial charge in [0.1, 0.15) is 0 Å².